The van der Waals surface area contributed by atoms with E-state index in [0.29, 0.717) is 0 Å². The van der Waals surface area contributed by atoms with Gasteiger partial charge in [-0.15, -0.1) is 0 Å². The van der Waals surface area contributed by atoms with Gasteiger partial charge in [0.1, 0.15) is 10.6 Å². The zero-order chi connectivity index (χ0) is 25.6. The van der Waals surface area contributed by atoms with Crippen molar-refractivity contribution in [2.45, 2.75) is 4.90 Å². The van der Waals surface area contributed by atoms with E-state index in [0.717, 1.165) is 0 Å². The van der Waals surface area contributed by atoms with Crippen molar-refractivity contribution in [2.75, 3.05) is 52.4 Å². The molecule has 0 atom stereocenters. The molecule has 0 aliphatic carbocycles. The number of ether oxygens (including phenoxy) is 4. The van der Waals surface area contributed by atoms with E-state index in [4.69, 9.17) is 21.1 Å². The van der Waals surface area contributed by atoms with Gasteiger partial charge in [0.05, 0.1) is 38.6 Å². The van der Waals surface area contributed by atoms with Crippen LogP contribution in [-0.2, 0) is 29.0 Å². The summed E-state index contributed by atoms with van der Waals surface area (Å²) in [6.45, 7) is 0.304. The van der Waals surface area contributed by atoms with Crippen LogP contribution in [0, 0.1) is 0 Å². The highest BCUT2D eigenvalue weighted by atomic mass is 35.5. The monoisotopic (exact) mass is 526 g/mol. The fraction of sp³-hybridized carbons (Fsp3) is 0.318. The predicted octanol–water partition coefficient (Wildman–Crippen LogP) is 1.95. The molecule has 1 N–H and O–H groups in total. The number of halogens is 1. The molecule has 0 bridgehead atoms. The zero-order valence-corrected chi connectivity index (χ0v) is 20.5. The van der Waals surface area contributed by atoms with Gasteiger partial charge in [0.2, 0.25) is 10.0 Å². The Hall–Kier alpha value is -3.19. The average molecular weight is 527 g/mol. The van der Waals surface area contributed by atoms with Crippen molar-refractivity contribution >= 4 is 45.2 Å². The highest BCUT2D eigenvalue weighted by Gasteiger charge is 2.30. The van der Waals surface area contributed by atoms with E-state index in [1.807, 2.05) is 0 Å². The Balaban J connectivity index is 1.78. The van der Waals surface area contributed by atoms with E-state index in [1.54, 1.807) is 0 Å². The lowest BCUT2D eigenvalue weighted by molar-refractivity contribution is -0.118. The third-order valence-electron chi connectivity index (χ3n) is 4.91. The van der Waals surface area contributed by atoms with Crippen LogP contribution in [0.3, 0.4) is 0 Å². The second kappa shape index (κ2) is 11.5. The fourth-order valence-electron chi connectivity index (χ4n) is 3.24. The number of anilines is 1. The lowest BCUT2D eigenvalue weighted by Crippen LogP contribution is -2.40. The van der Waals surface area contributed by atoms with Crippen LogP contribution in [0.4, 0.5) is 5.69 Å². The van der Waals surface area contributed by atoms with Crippen LogP contribution in [0.25, 0.3) is 0 Å². The number of morpholine rings is 1. The molecule has 188 valence electrons. The van der Waals surface area contributed by atoms with Crippen LogP contribution in [-0.4, -0.2) is 77.7 Å². The number of methoxy groups -OCH3 is 2. The van der Waals surface area contributed by atoms with Crippen molar-refractivity contribution in [1.82, 2.24) is 4.31 Å². The van der Waals surface area contributed by atoms with Crippen LogP contribution >= 0.6 is 11.6 Å². The summed E-state index contributed by atoms with van der Waals surface area (Å²) in [7, 11) is -1.60. The Morgan fingerprint density at radius 2 is 1.60 bits per heavy atom. The smallest absolute Gasteiger partial charge is 0.337 e. The molecular weight excluding hydrogens is 504 g/mol. The van der Waals surface area contributed by atoms with E-state index in [1.165, 1.54) is 54.9 Å². The van der Waals surface area contributed by atoms with Crippen LogP contribution in [0.5, 0.6) is 5.75 Å². The summed E-state index contributed by atoms with van der Waals surface area (Å²) in [5, 5.41) is 2.69. The van der Waals surface area contributed by atoms with Crippen molar-refractivity contribution in [2.24, 2.45) is 0 Å². The standard InChI is InChI=1S/C22H23ClN2O9S/c1-31-21(27)14-9-15(22(28)32-2)11-17(10-14)24-20(26)13-34-18-4-3-16(23)12-19(18)35(29,30)25-5-7-33-8-6-25/h3-4,9-12H,5-8,13H2,1-2H3,(H,24,26). The molecule has 0 spiro atoms. The maximum absolute atomic E-state index is 13.1. The predicted molar refractivity (Wildman–Crippen MR) is 124 cm³/mol. The first-order chi connectivity index (χ1) is 16.6. The lowest BCUT2D eigenvalue weighted by Gasteiger charge is -2.26. The molecule has 0 radical (unpaired) electrons. The Morgan fingerprint density at radius 3 is 2.17 bits per heavy atom. The molecule has 35 heavy (non-hydrogen) atoms. The third-order valence-corrected chi connectivity index (χ3v) is 7.07. The molecular formula is C22H23ClN2O9S. The summed E-state index contributed by atoms with van der Waals surface area (Å²) in [6, 6.07) is 7.94. The topological polar surface area (TPSA) is 138 Å². The Kier molecular flexibility index (Phi) is 8.67. The van der Waals surface area contributed by atoms with E-state index in [2.05, 4.69) is 14.8 Å². The van der Waals surface area contributed by atoms with Crippen molar-refractivity contribution in [1.29, 1.82) is 0 Å². The van der Waals surface area contributed by atoms with Gasteiger partial charge in [-0.25, -0.2) is 18.0 Å². The molecule has 0 aromatic heterocycles. The number of amides is 1. The third kappa shape index (κ3) is 6.48. The molecule has 11 nitrogen and oxygen atoms in total. The first-order valence-electron chi connectivity index (χ1n) is 10.3. The Labute approximate surface area is 206 Å². The zero-order valence-electron chi connectivity index (χ0n) is 18.9. The number of rotatable bonds is 8. The Bertz CT molecular complexity index is 1190. The van der Waals surface area contributed by atoms with Crippen molar-refractivity contribution in [3.05, 3.63) is 52.5 Å². The first-order valence-corrected chi connectivity index (χ1v) is 12.1. The number of nitrogens with one attached hydrogen (secondary N) is 1. The van der Waals surface area contributed by atoms with Crippen LogP contribution in [0.15, 0.2) is 41.3 Å². The number of esters is 2. The molecule has 1 fully saturated rings. The molecule has 2 aromatic carbocycles. The molecule has 1 saturated heterocycles. The molecule has 2 aromatic rings. The van der Waals surface area contributed by atoms with Gasteiger partial charge in [-0.3, -0.25) is 4.79 Å². The lowest BCUT2D eigenvalue weighted by atomic mass is 10.1. The second-order valence-corrected chi connectivity index (χ2v) is 9.57. The summed E-state index contributed by atoms with van der Waals surface area (Å²) in [4.78, 5) is 36.2. The van der Waals surface area contributed by atoms with Crippen LogP contribution in [0.1, 0.15) is 20.7 Å². The number of hydrogen-bond donors (Lipinski definition) is 1. The molecule has 0 unspecified atom stereocenters. The average Bonchev–Trinajstić information content (AvgIpc) is 2.87. The largest absolute Gasteiger partial charge is 0.482 e. The van der Waals surface area contributed by atoms with E-state index < -0.39 is 34.5 Å². The van der Waals surface area contributed by atoms with Crippen LogP contribution < -0.4 is 10.1 Å². The molecule has 1 aliphatic heterocycles. The van der Waals surface area contributed by atoms with Crippen LogP contribution in [0.2, 0.25) is 5.02 Å². The minimum Gasteiger partial charge on any atom is -0.482 e. The fourth-order valence-corrected chi connectivity index (χ4v) is 5.04. The van der Waals surface area contributed by atoms with Gasteiger partial charge < -0.3 is 24.3 Å². The SMILES string of the molecule is COC(=O)c1cc(NC(=O)COc2ccc(Cl)cc2S(=O)(=O)N2CCOCC2)cc(C(=O)OC)c1. The number of benzene rings is 2. The van der Waals surface area contributed by atoms with Crippen molar-refractivity contribution < 1.29 is 41.7 Å². The number of carbonyl (C=O) groups excluding carboxylic acids is 3. The number of carbonyl (C=O) groups is 3. The normalized spacial score (nSPS) is 14.1. The van der Waals surface area contributed by atoms with E-state index >= 15 is 0 Å². The molecule has 13 heteroatoms. The van der Waals surface area contributed by atoms with Gasteiger partial charge in [0.15, 0.2) is 6.61 Å². The van der Waals surface area contributed by atoms with E-state index in [-0.39, 0.29) is 58.8 Å². The molecule has 1 aliphatic rings. The maximum atomic E-state index is 13.1. The highest BCUT2D eigenvalue weighted by Crippen LogP contribution is 2.30. The van der Waals surface area contributed by atoms with Gasteiger partial charge >= 0.3 is 11.9 Å². The van der Waals surface area contributed by atoms with Gasteiger partial charge in [-0.1, -0.05) is 11.6 Å². The molecule has 0 saturated carbocycles. The minimum absolute atomic E-state index is 0.0169. The van der Waals surface area contributed by atoms with E-state index in [9.17, 15) is 22.8 Å². The maximum Gasteiger partial charge on any atom is 0.337 e. The van der Waals surface area contributed by atoms with Gasteiger partial charge in [-0.05, 0) is 36.4 Å². The number of nitrogens with zero attached hydrogens (tertiary/aromatic N) is 1. The first kappa shape index (κ1) is 26.4. The second-order valence-electron chi connectivity index (χ2n) is 7.23. The number of hydrogen-bond acceptors (Lipinski definition) is 9. The summed E-state index contributed by atoms with van der Waals surface area (Å²) in [5.74, 6) is -2.18. The summed E-state index contributed by atoms with van der Waals surface area (Å²) in [5.41, 5.74) is 0.144. The minimum atomic E-state index is -3.95. The van der Waals surface area contributed by atoms with Crippen molar-refractivity contribution in [3.8, 4) is 5.75 Å². The quantitative estimate of drug-likeness (QED) is 0.511. The Morgan fingerprint density at radius 1 is 1.00 bits per heavy atom. The summed E-state index contributed by atoms with van der Waals surface area (Å²) in [6.07, 6.45) is 0. The summed E-state index contributed by atoms with van der Waals surface area (Å²) >= 11 is 6.02. The van der Waals surface area contributed by atoms with Crippen molar-refractivity contribution in [3.63, 3.8) is 0 Å². The summed E-state index contributed by atoms with van der Waals surface area (Å²) < 4.78 is 47.5. The van der Waals surface area contributed by atoms with Gasteiger partial charge in [0, 0.05) is 23.8 Å². The molecule has 3 rings (SSSR count). The van der Waals surface area contributed by atoms with Gasteiger partial charge in [-0.2, -0.15) is 4.31 Å². The molecule has 1 heterocycles. The molecule has 1 amide bonds. The number of sulfonamides is 1. The van der Waals surface area contributed by atoms with Gasteiger partial charge in [0.25, 0.3) is 5.91 Å². The highest BCUT2D eigenvalue weighted by molar-refractivity contribution is 7.89.